The van der Waals surface area contributed by atoms with Gasteiger partial charge in [-0.05, 0) is 127 Å². The van der Waals surface area contributed by atoms with Crippen LogP contribution in [0.25, 0.3) is 0 Å². The molecule has 0 radical (unpaired) electrons. The quantitative estimate of drug-likeness (QED) is 0.308. The molecule has 5 fully saturated rings. The van der Waals surface area contributed by atoms with E-state index in [1.807, 2.05) is 6.07 Å². The highest BCUT2D eigenvalue weighted by Crippen LogP contribution is 2.70. The summed E-state index contributed by atoms with van der Waals surface area (Å²) in [6, 6.07) is 10.4. The first kappa shape index (κ1) is 31.3. The highest BCUT2D eigenvalue weighted by molar-refractivity contribution is 7.53. The van der Waals surface area contributed by atoms with Gasteiger partial charge in [-0.2, -0.15) is 0 Å². The van der Waals surface area contributed by atoms with Crippen molar-refractivity contribution in [2.75, 3.05) is 19.4 Å². The Hall–Kier alpha value is -0.710. The normalized spacial score (nSPS) is 47.9. The summed E-state index contributed by atoms with van der Waals surface area (Å²) >= 11 is 0. The van der Waals surface area contributed by atoms with Crippen molar-refractivity contribution in [3.63, 3.8) is 0 Å². The molecule has 4 saturated carbocycles. The minimum absolute atomic E-state index is 0.209. The molecule has 1 aromatic rings. The van der Waals surface area contributed by atoms with Gasteiger partial charge in [-0.1, -0.05) is 65.0 Å². The van der Waals surface area contributed by atoms with Crippen molar-refractivity contribution in [1.82, 2.24) is 0 Å². The summed E-state index contributed by atoms with van der Waals surface area (Å²) in [5.41, 5.74) is 1.68. The Morgan fingerprint density at radius 3 is 2.40 bits per heavy atom. The van der Waals surface area contributed by atoms with Crippen molar-refractivity contribution in [3.05, 3.63) is 35.9 Å². The van der Waals surface area contributed by atoms with E-state index in [4.69, 9.17) is 9.05 Å². The summed E-state index contributed by atoms with van der Waals surface area (Å²) < 4.78 is 25.5. The molecule has 42 heavy (non-hydrogen) atoms. The van der Waals surface area contributed by atoms with Gasteiger partial charge in [0.05, 0.1) is 31.6 Å². The SMILES string of the molecule is CC(C)[C@H]1C(O)C2C(CC[C@@]3(C)C2CC[C@@H]3[C@H](C)CCOP2(=O)C[C@H](c3ccccc3)CCO2)[C@@]2(C)CC[C@@H](O)CC12. The van der Waals surface area contributed by atoms with Crippen LogP contribution in [0.15, 0.2) is 30.3 Å². The topological polar surface area (TPSA) is 76.0 Å². The maximum Gasteiger partial charge on any atom is 0.331 e. The molecule has 0 amide bonds. The molecule has 0 aromatic heterocycles. The molecule has 1 saturated heterocycles. The summed E-state index contributed by atoms with van der Waals surface area (Å²) in [7, 11) is -3.09. The van der Waals surface area contributed by atoms with Crippen LogP contribution in [-0.2, 0) is 13.6 Å². The number of hydrogen-bond acceptors (Lipinski definition) is 5. The van der Waals surface area contributed by atoms with Crippen molar-refractivity contribution in [1.29, 1.82) is 0 Å². The first-order chi connectivity index (χ1) is 20.0. The van der Waals surface area contributed by atoms with Crippen LogP contribution in [0.2, 0.25) is 0 Å². The lowest BCUT2D eigenvalue weighted by atomic mass is 9.40. The molecule has 0 bridgehead atoms. The predicted octanol–water partition coefficient (Wildman–Crippen LogP) is 8.30. The minimum atomic E-state index is -3.09. The van der Waals surface area contributed by atoms with Gasteiger partial charge in [-0.25, -0.2) is 0 Å². The van der Waals surface area contributed by atoms with Crippen molar-refractivity contribution in [3.8, 4) is 0 Å². The lowest BCUT2D eigenvalue weighted by Gasteiger charge is -2.65. The molecule has 1 aliphatic heterocycles. The molecule has 4 aliphatic carbocycles. The zero-order valence-electron chi connectivity index (χ0n) is 26.8. The van der Waals surface area contributed by atoms with Crippen LogP contribution in [0, 0.1) is 58.2 Å². The highest BCUT2D eigenvalue weighted by Gasteiger charge is 2.65. The molecule has 0 spiro atoms. The zero-order chi connectivity index (χ0) is 29.9. The molecule has 5 nitrogen and oxygen atoms in total. The third-order valence-corrected chi connectivity index (χ3v) is 15.7. The molecule has 1 heterocycles. The van der Waals surface area contributed by atoms with Gasteiger partial charge in [0.1, 0.15) is 0 Å². The van der Waals surface area contributed by atoms with Crippen LogP contribution < -0.4 is 0 Å². The van der Waals surface area contributed by atoms with Crippen LogP contribution in [0.1, 0.15) is 104 Å². The number of benzene rings is 1. The summed E-state index contributed by atoms with van der Waals surface area (Å²) in [5, 5.41) is 22.8. The Kier molecular flexibility index (Phi) is 8.86. The Morgan fingerprint density at radius 1 is 0.952 bits per heavy atom. The van der Waals surface area contributed by atoms with Crippen LogP contribution >= 0.6 is 7.60 Å². The molecule has 6 rings (SSSR count). The fourth-order valence-electron chi connectivity index (χ4n) is 11.6. The largest absolute Gasteiger partial charge is 0.393 e. The van der Waals surface area contributed by atoms with Crippen molar-refractivity contribution in [2.45, 2.75) is 111 Å². The monoisotopic (exact) mass is 600 g/mol. The van der Waals surface area contributed by atoms with Crippen LogP contribution in [0.3, 0.4) is 0 Å². The van der Waals surface area contributed by atoms with E-state index in [0.29, 0.717) is 60.8 Å². The van der Waals surface area contributed by atoms with E-state index in [0.717, 1.165) is 32.1 Å². The molecule has 6 heteroatoms. The average molecular weight is 601 g/mol. The maximum atomic E-state index is 13.6. The summed E-state index contributed by atoms with van der Waals surface area (Å²) in [6.07, 6.45) is 9.53. The molecule has 13 atom stereocenters. The Labute approximate surface area is 255 Å². The fraction of sp³-hybridized carbons (Fsp3) is 0.833. The molecule has 2 N–H and O–H groups in total. The smallest absolute Gasteiger partial charge is 0.331 e. The highest BCUT2D eigenvalue weighted by atomic mass is 31.2. The second kappa shape index (κ2) is 11.9. The van der Waals surface area contributed by atoms with Gasteiger partial charge in [0, 0.05) is 0 Å². The van der Waals surface area contributed by atoms with Gasteiger partial charge in [0.15, 0.2) is 0 Å². The van der Waals surface area contributed by atoms with Crippen molar-refractivity contribution >= 4 is 7.60 Å². The van der Waals surface area contributed by atoms with Crippen LogP contribution in [-0.4, -0.2) is 41.8 Å². The molecule has 1 aromatic carbocycles. The van der Waals surface area contributed by atoms with Crippen molar-refractivity contribution < 1.29 is 23.8 Å². The predicted molar refractivity (Wildman–Crippen MR) is 168 cm³/mol. The van der Waals surface area contributed by atoms with Gasteiger partial charge >= 0.3 is 7.60 Å². The molecule has 6 unspecified atom stereocenters. The third-order valence-electron chi connectivity index (χ3n) is 13.7. The minimum Gasteiger partial charge on any atom is -0.393 e. The Balaban J connectivity index is 1.12. The van der Waals surface area contributed by atoms with Gasteiger partial charge in [-0.3, -0.25) is 4.57 Å². The lowest BCUT2D eigenvalue weighted by Crippen LogP contribution is -2.63. The van der Waals surface area contributed by atoms with E-state index in [1.165, 1.54) is 31.2 Å². The standard InChI is InChI=1S/C36H57O5P/c1-23(2)32-31-21-27(37)13-17-36(31,5)30-14-18-35(4)28(11-12-29(35)33(30)34(32)38)24(3)15-19-40-42(39)22-26(16-20-41-42)25-9-7-6-8-10-25/h6-10,23-24,26-34,37-38H,11-22H2,1-5H3/t24-,26-,27-,28-,29?,30?,31?,32-,33?,34?,35-,36-,42?/m1/s1. The summed E-state index contributed by atoms with van der Waals surface area (Å²) in [5.74, 6) is 3.89. The van der Waals surface area contributed by atoms with E-state index in [1.54, 1.807) is 0 Å². The maximum absolute atomic E-state index is 13.6. The molecular weight excluding hydrogens is 543 g/mol. The number of hydrogen-bond donors (Lipinski definition) is 2. The first-order valence-corrected chi connectivity index (χ1v) is 19.0. The number of rotatable bonds is 7. The van der Waals surface area contributed by atoms with Crippen LogP contribution in [0.4, 0.5) is 0 Å². The molecule has 5 aliphatic rings. The molecule has 236 valence electrons. The summed E-state index contributed by atoms with van der Waals surface area (Å²) in [4.78, 5) is 0. The summed E-state index contributed by atoms with van der Waals surface area (Å²) in [6.45, 7) is 13.0. The number of aliphatic hydroxyl groups excluding tert-OH is 2. The van der Waals surface area contributed by atoms with Gasteiger partial charge in [0.2, 0.25) is 0 Å². The Bertz CT molecular complexity index is 1130. The second-order valence-corrected chi connectivity index (χ2v) is 18.1. The van der Waals surface area contributed by atoms with E-state index in [-0.39, 0.29) is 34.9 Å². The lowest BCUT2D eigenvalue weighted by molar-refractivity contribution is -0.211. The van der Waals surface area contributed by atoms with Gasteiger partial charge in [0.25, 0.3) is 0 Å². The van der Waals surface area contributed by atoms with Gasteiger partial charge in [-0.15, -0.1) is 0 Å². The van der Waals surface area contributed by atoms with Gasteiger partial charge < -0.3 is 19.3 Å². The first-order valence-electron chi connectivity index (χ1n) is 17.3. The van der Waals surface area contributed by atoms with E-state index < -0.39 is 7.60 Å². The van der Waals surface area contributed by atoms with Crippen LogP contribution in [0.5, 0.6) is 0 Å². The van der Waals surface area contributed by atoms with E-state index >= 15 is 0 Å². The molecular formula is C36H57O5P. The van der Waals surface area contributed by atoms with E-state index in [2.05, 4.69) is 58.9 Å². The number of aliphatic hydroxyl groups is 2. The number of fused-ring (bicyclic) bond motifs is 5. The van der Waals surface area contributed by atoms with E-state index in [9.17, 15) is 14.8 Å². The Morgan fingerprint density at radius 2 is 1.67 bits per heavy atom. The fourth-order valence-corrected chi connectivity index (χ4v) is 13.6. The average Bonchev–Trinajstić information content (AvgIpc) is 3.31. The zero-order valence-corrected chi connectivity index (χ0v) is 27.7. The van der Waals surface area contributed by atoms with Crippen molar-refractivity contribution in [2.24, 2.45) is 58.2 Å². The third kappa shape index (κ3) is 5.40. The second-order valence-electron chi connectivity index (χ2n) is 16.0.